The lowest BCUT2D eigenvalue weighted by atomic mass is 10.0. The van der Waals surface area contributed by atoms with Gasteiger partial charge in [0, 0.05) is 51.2 Å². The zero-order valence-corrected chi connectivity index (χ0v) is 25.3. The fraction of sp³-hybridized carbons (Fsp3) is 0.226. The molecule has 5 aromatic rings. The Morgan fingerprint density at radius 2 is 1.77 bits per heavy atom. The highest BCUT2D eigenvalue weighted by Crippen LogP contribution is 2.42. The van der Waals surface area contributed by atoms with Crippen molar-refractivity contribution in [1.82, 2.24) is 24.3 Å². The van der Waals surface area contributed by atoms with Crippen molar-refractivity contribution in [3.63, 3.8) is 0 Å². The van der Waals surface area contributed by atoms with Gasteiger partial charge in [0.15, 0.2) is 4.73 Å². The molecular weight excluding hydrogens is 609 g/mol. The fourth-order valence-electron chi connectivity index (χ4n) is 5.47. The minimum atomic E-state index is -0.0268. The molecule has 1 atom stereocenters. The number of nitrogens with one attached hydrogen (secondary N) is 1. The Kier molecular flexibility index (Phi) is 7.48. The van der Waals surface area contributed by atoms with Gasteiger partial charge in [-0.1, -0.05) is 71.7 Å². The molecular formula is C31H28BrCl2N5O. The molecule has 1 saturated heterocycles. The lowest BCUT2D eigenvalue weighted by molar-refractivity contribution is 0.0779. The van der Waals surface area contributed by atoms with E-state index in [1.807, 2.05) is 77.7 Å². The molecule has 1 N–H and O–H groups in total. The average Bonchev–Trinajstić information content (AvgIpc) is 3.66. The summed E-state index contributed by atoms with van der Waals surface area (Å²) in [6, 6.07) is 23.9. The van der Waals surface area contributed by atoms with Crippen LogP contribution in [0.4, 0.5) is 0 Å². The predicted octanol–water partition coefficient (Wildman–Crippen LogP) is 7.59. The Balaban J connectivity index is 1.58. The van der Waals surface area contributed by atoms with E-state index in [4.69, 9.17) is 28.2 Å². The van der Waals surface area contributed by atoms with Gasteiger partial charge in [-0.15, -0.1) is 0 Å². The van der Waals surface area contributed by atoms with Crippen LogP contribution in [0.15, 0.2) is 77.5 Å². The zero-order valence-electron chi connectivity index (χ0n) is 22.2. The van der Waals surface area contributed by atoms with Gasteiger partial charge in [0.1, 0.15) is 5.69 Å². The van der Waals surface area contributed by atoms with E-state index in [1.54, 1.807) is 0 Å². The molecule has 6 rings (SSSR count). The molecule has 1 fully saturated rings. The monoisotopic (exact) mass is 635 g/mol. The van der Waals surface area contributed by atoms with Crippen molar-refractivity contribution >= 4 is 55.9 Å². The van der Waals surface area contributed by atoms with Crippen molar-refractivity contribution in [1.29, 1.82) is 0 Å². The first kappa shape index (κ1) is 27.1. The van der Waals surface area contributed by atoms with Crippen LogP contribution in [0.5, 0.6) is 0 Å². The van der Waals surface area contributed by atoms with E-state index in [2.05, 4.69) is 44.5 Å². The minimum absolute atomic E-state index is 0.0268. The molecule has 2 aromatic heterocycles. The Labute approximate surface area is 251 Å². The summed E-state index contributed by atoms with van der Waals surface area (Å²) in [6.07, 6.45) is 0.940. The van der Waals surface area contributed by atoms with Gasteiger partial charge >= 0.3 is 0 Å². The summed E-state index contributed by atoms with van der Waals surface area (Å²) in [7, 11) is 4.13. The third-order valence-electron chi connectivity index (χ3n) is 7.61. The number of halogens is 3. The highest BCUT2D eigenvalue weighted by molar-refractivity contribution is 9.10. The number of imidazole rings is 1. The van der Waals surface area contributed by atoms with Crippen molar-refractivity contribution in [3.05, 3.63) is 98.8 Å². The van der Waals surface area contributed by atoms with Crippen LogP contribution < -0.4 is 0 Å². The summed E-state index contributed by atoms with van der Waals surface area (Å²) in [6.45, 7) is 1.92. The Hall–Kier alpha value is -3.10. The van der Waals surface area contributed by atoms with Gasteiger partial charge in [-0.05, 0) is 66.3 Å². The molecule has 0 spiro atoms. The summed E-state index contributed by atoms with van der Waals surface area (Å²) >= 11 is 16.3. The number of likely N-dealkylation sites (N-methyl/N-ethyl adjacent to an activating group) is 1. The number of aromatic amines is 1. The second-order valence-electron chi connectivity index (χ2n) is 10.4. The second-order valence-corrected chi connectivity index (χ2v) is 12.0. The largest absolute Gasteiger partial charge is 0.350 e. The summed E-state index contributed by atoms with van der Waals surface area (Å²) in [5.41, 5.74) is 5.83. The molecule has 40 heavy (non-hydrogen) atoms. The number of amides is 1. The Bertz CT molecular complexity index is 1690. The molecule has 0 radical (unpaired) electrons. The molecule has 1 amide bonds. The summed E-state index contributed by atoms with van der Waals surface area (Å²) in [5, 5.41) is 2.20. The highest BCUT2D eigenvalue weighted by atomic mass is 79.9. The molecule has 0 aliphatic carbocycles. The van der Waals surface area contributed by atoms with Crippen LogP contribution in [0.1, 0.15) is 22.5 Å². The maximum Gasteiger partial charge on any atom is 0.271 e. The topological polar surface area (TPSA) is 57.2 Å². The van der Waals surface area contributed by atoms with Gasteiger partial charge in [-0.3, -0.25) is 4.79 Å². The normalized spacial score (nSPS) is 15.4. The van der Waals surface area contributed by atoms with Gasteiger partial charge in [-0.25, -0.2) is 4.98 Å². The van der Waals surface area contributed by atoms with E-state index >= 15 is 0 Å². The number of aromatic nitrogens is 3. The van der Waals surface area contributed by atoms with Crippen LogP contribution >= 0.6 is 39.1 Å². The van der Waals surface area contributed by atoms with Crippen molar-refractivity contribution in [3.8, 4) is 22.5 Å². The third kappa shape index (κ3) is 5.07. The van der Waals surface area contributed by atoms with Gasteiger partial charge in [0.05, 0.1) is 17.9 Å². The van der Waals surface area contributed by atoms with E-state index in [9.17, 15) is 4.79 Å². The number of hydrogen-bond acceptors (Lipinski definition) is 3. The first-order valence-corrected chi connectivity index (χ1v) is 14.7. The number of carbonyl (C=O) groups is 1. The molecule has 3 aromatic carbocycles. The number of hydrogen-bond donors (Lipinski definition) is 1. The van der Waals surface area contributed by atoms with Crippen LogP contribution in [-0.4, -0.2) is 63.5 Å². The molecule has 3 heterocycles. The van der Waals surface area contributed by atoms with E-state index in [0.29, 0.717) is 46.1 Å². The lowest BCUT2D eigenvalue weighted by Gasteiger charge is -2.21. The Morgan fingerprint density at radius 3 is 2.48 bits per heavy atom. The summed E-state index contributed by atoms with van der Waals surface area (Å²) in [4.78, 5) is 26.8. The smallest absolute Gasteiger partial charge is 0.271 e. The van der Waals surface area contributed by atoms with E-state index in [1.165, 1.54) is 0 Å². The number of benzene rings is 3. The maximum absolute atomic E-state index is 14.2. The Morgan fingerprint density at radius 1 is 1.05 bits per heavy atom. The number of rotatable bonds is 6. The van der Waals surface area contributed by atoms with Crippen LogP contribution in [-0.2, 0) is 6.54 Å². The van der Waals surface area contributed by atoms with Crippen LogP contribution in [0, 0.1) is 0 Å². The highest BCUT2D eigenvalue weighted by Gasteiger charge is 2.33. The third-order valence-corrected chi connectivity index (χ3v) is 8.71. The number of H-pyrrole nitrogens is 1. The summed E-state index contributed by atoms with van der Waals surface area (Å²) < 4.78 is 2.79. The number of likely N-dealkylation sites (tertiary alicyclic amines) is 1. The first-order chi connectivity index (χ1) is 19.3. The average molecular weight is 637 g/mol. The summed E-state index contributed by atoms with van der Waals surface area (Å²) in [5.74, 6) is -0.0268. The molecule has 6 nitrogen and oxygen atoms in total. The number of fused-ring (bicyclic) bond motifs is 1. The standard InChI is InChI=1S/C31H28BrCl2N5O/c1-37(2)23-14-15-38(18-23)30(40)28-26(24-13-12-22(34)16-25(24)35-28)29-27(20-6-4-3-5-7-20)36-31(32)39(29)17-19-8-10-21(33)11-9-19/h3-13,16,23,35H,14-15,17-18H2,1-2H3. The van der Waals surface area contributed by atoms with Crippen LogP contribution in [0.2, 0.25) is 10.0 Å². The lowest BCUT2D eigenvalue weighted by Crippen LogP contribution is -2.34. The molecule has 204 valence electrons. The molecule has 1 aliphatic heterocycles. The van der Waals surface area contributed by atoms with Gasteiger partial charge in [0.2, 0.25) is 0 Å². The van der Waals surface area contributed by atoms with Crippen molar-refractivity contribution < 1.29 is 4.79 Å². The van der Waals surface area contributed by atoms with E-state index in [0.717, 1.165) is 45.4 Å². The van der Waals surface area contributed by atoms with E-state index < -0.39 is 0 Å². The SMILES string of the molecule is CN(C)C1CCN(C(=O)c2[nH]c3cc(Cl)ccc3c2-c2c(-c3ccccc3)nc(Br)n2Cc2ccc(Cl)cc2)C1. The van der Waals surface area contributed by atoms with E-state index in [-0.39, 0.29) is 5.91 Å². The second kappa shape index (κ2) is 11.1. The zero-order chi connectivity index (χ0) is 28.0. The molecule has 9 heteroatoms. The van der Waals surface area contributed by atoms with Crippen molar-refractivity contribution in [2.24, 2.45) is 0 Å². The molecule has 1 aliphatic rings. The fourth-order valence-corrected chi connectivity index (χ4v) is 6.25. The number of carbonyl (C=O) groups excluding carboxylic acids is 1. The maximum atomic E-state index is 14.2. The van der Waals surface area contributed by atoms with Gasteiger partial charge in [0.25, 0.3) is 5.91 Å². The van der Waals surface area contributed by atoms with Gasteiger partial charge in [-0.2, -0.15) is 0 Å². The molecule has 0 bridgehead atoms. The van der Waals surface area contributed by atoms with Crippen LogP contribution in [0.3, 0.4) is 0 Å². The van der Waals surface area contributed by atoms with Crippen molar-refractivity contribution in [2.45, 2.75) is 19.0 Å². The minimum Gasteiger partial charge on any atom is -0.350 e. The van der Waals surface area contributed by atoms with Crippen LogP contribution in [0.25, 0.3) is 33.4 Å². The first-order valence-electron chi connectivity index (χ1n) is 13.1. The quantitative estimate of drug-likeness (QED) is 0.209. The number of nitrogens with zero attached hydrogens (tertiary/aromatic N) is 4. The molecule has 0 saturated carbocycles. The van der Waals surface area contributed by atoms with Gasteiger partial charge < -0.3 is 19.4 Å². The predicted molar refractivity (Wildman–Crippen MR) is 166 cm³/mol. The molecule has 1 unspecified atom stereocenters. The van der Waals surface area contributed by atoms with Crippen molar-refractivity contribution in [2.75, 3.05) is 27.2 Å².